The van der Waals surface area contributed by atoms with Gasteiger partial charge in [0, 0.05) is 13.3 Å². The molecule has 3 nitrogen and oxygen atoms in total. The number of aliphatic imine (C=N–C) groups is 3. The van der Waals surface area contributed by atoms with Gasteiger partial charge in [0.2, 0.25) is 0 Å². The highest BCUT2D eigenvalue weighted by Crippen LogP contribution is 1.74. The third-order valence-electron chi connectivity index (χ3n) is 0.676. The Morgan fingerprint density at radius 3 is 2.56 bits per heavy atom. The molecule has 0 aliphatic carbocycles. The van der Waals surface area contributed by atoms with Gasteiger partial charge in [0.05, 0.1) is 0 Å². The van der Waals surface area contributed by atoms with Crippen molar-refractivity contribution in [3.8, 4) is 0 Å². The van der Waals surface area contributed by atoms with Crippen LogP contribution < -0.4 is 0 Å². The first kappa shape index (κ1) is 8.01. The first-order chi connectivity index (χ1) is 4.31. The normalized spacial score (nSPS) is 13.9. The summed E-state index contributed by atoms with van der Waals surface area (Å²) in [4.78, 5) is 11.4. The van der Waals surface area contributed by atoms with Crippen LogP contribution in [0.5, 0.6) is 0 Å². The van der Waals surface area contributed by atoms with E-state index < -0.39 is 0 Å². The zero-order valence-electron chi connectivity index (χ0n) is 6.00. The van der Waals surface area contributed by atoms with Gasteiger partial charge in [0.1, 0.15) is 12.2 Å². The summed E-state index contributed by atoms with van der Waals surface area (Å²) in [5.74, 6) is 0.725. The van der Waals surface area contributed by atoms with Gasteiger partial charge >= 0.3 is 0 Å². The molecular formula is C6H11N3. The van der Waals surface area contributed by atoms with E-state index in [4.69, 9.17) is 0 Å². The molecule has 0 radical (unpaired) electrons. The summed E-state index contributed by atoms with van der Waals surface area (Å²) < 4.78 is 0. The lowest BCUT2D eigenvalue weighted by atomic mass is 10.7. The van der Waals surface area contributed by atoms with Gasteiger partial charge in [0.15, 0.2) is 0 Å². The third kappa shape index (κ3) is 4.87. The predicted octanol–water partition coefficient (Wildman–Crippen LogP) is 1.15. The molecule has 0 aromatic heterocycles. The summed E-state index contributed by atoms with van der Waals surface area (Å²) in [6.07, 6.45) is 3.17. The molecule has 0 N–H and O–H groups in total. The van der Waals surface area contributed by atoms with E-state index in [0.29, 0.717) is 0 Å². The maximum absolute atomic E-state index is 3.90. The standard InChI is InChI=1S/C6H11N3/c1-4-8-6(2)9-5-7-3/h4-5H,1-3H3/b7-5-,8-4-,9-6-. The summed E-state index contributed by atoms with van der Waals surface area (Å²) in [7, 11) is 1.67. The molecule has 0 aliphatic rings. The topological polar surface area (TPSA) is 37.1 Å². The minimum Gasteiger partial charge on any atom is -0.277 e. The molecule has 0 rings (SSSR count). The third-order valence-corrected chi connectivity index (χ3v) is 0.676. The van der Waals surface area contributed by atoms with E-state index in [1.54, 1.807) is 13.3 Å². The van der Waals surface area contributed by atoms with E-state index in [-0.39, 0.29) is 0 Å². The van der Waals surface area contributed by atoms with Crippen LogP contribution in [-0.4, -0.2) is 25.4 Å². The average Bonchev–Trinajstić information content (AvgIpc) is 1.85. The molecular weight excluding hydrogens is 114 g/mol. The van der Waals surface area contributed by atoms with Crippen LogP contribution in [0.1, 0.15) is 13.8 Å². The fourth-order valence-electron chi connectivity index (χ4n) is 0.361. The van der Waals surface area contributed by atoms with Crippen LogP contribution in [0.25, 0.3) is 0 Å². The van der Waals surface area contributed by atoms with Crippen LogP contribution in [-0.2, 0) is 0 Å². The van der Waals surface area contributed by atoms with Crippen LogP contribution >= 0.6 is 0 Å². The Bertz CT molecular complexity index is 144. The Labute approximate surface area is 55.2 Å². The molecule has 0 unspecified atom stereocenters. The van der Waals surface area contributed by atoms with Crippen LogP contribution in [0, 0.1) is 0 Å². The van der Waals surface area contributed by atoms with Crippen molar-refractivity contribution in [1.29, 1.82) is 0 Å². The number of amidine groups is 1. The van der Waals surface area contributed by atoms with Crippen molar-refractivity contribution in [2.45, 2.75) is 13.8 Å². The highest BCUT2D eigenvalue weighted by Gasteiger charge is 1.75. The van der Waals surface area contributed by atoms with Gasteiger partial charge in [0.25, 0.3) is 0 Å². The van der Waals surface area contributed by atoms with E-state index in [1.165, 1.54) is 6.34 Å². The molecule has 0 bridgehead atoms. The molecule has 3 heteroatoms. The van der Waals surface area contributed by atoms with Crippen LogP contribution in [0.3, 0.4) is 0 Å². The highest BCUT2D eigenvalue weighted by atomic mass is 14.9. The molecule has 0 saturated heterocycles. The highest BCUT2D eigenvalue weighted by molar-refractivity contribution is 5.91. The monoisotopic (exact) mass is 125 g/mol. The fourth-order valence-corrected chi connectivity index (χ4v) is 0.361. The fraction of sp³-hybridized carbons (Fsp3) is 0.500. The summed E-state index contributed by atoms with van der Waals surface area (Å²) in [5.41, 5.74) is 0. The van der Waals surface area contributed by atoms with Gasteiger partial charge in [-0.15, -0.1) is 0 Å². The van der Waals surface area contributed by atoms with E-state index in [1.807, 2.05) is 13.8 Å². The smallest absolute Gasteiger partial charge is 0.126 e. The quantitative estimate of drug-likeness (QED) is 0.372. The second-order valence-electron chi connectivity index (χ2n) is 1.44. The van der Waals surface area contributed by atoms with Crippen molar-refractivity contribution in [3.05, 3.63) is 0 Å². The number of nitrogens with zero attached hydrogens (tertiary/aromatic N) is 3. The van der Waals surface area contributed by atoms with Crippen molar-refractivity contribution >= 4 is 18.4 Å². The molecule has 0 saturated carbocycles. The molecule has 0 fully saturated rings. The van der Waals surface area contributed by atoms with E-state index >= 15 is 0 Å². The molecule has 0 amide bonds. The predicted molar refractivity (Wildman–Crippen MR) is 41.7 cm³/mol. The Balaban J connectivity index is 3.84. The molecule has 50 valence electrons. The maximum Gasteiger partial charge on any atom is 0.126 e. The summed E-state index contributed by atoms with van der Waals surface area (Å²) in [6, 6.07) is 0. The van der Waals surface area contributed by atoms with Gasteiger partial charge in [-0.25, -0.2) is 9.98 Å². The van der Waals surface area contributed by atoms with Crippen molar-refractivity contribution in [2.75, 3.05) is 7.05 Å². The van der Waals surface area contributed by atoms with E-state index in [9.17, 15) is 0 Å². The average molecular weight is 125 g/mol. The molecule has 0 spiro atoms. The minimum absolute atomic E-state index is 0.725. The first-order valence-electron chi connectivity index (χ1n) is 2.75. The lowest BCUT2D eigenvalue weighted by molar-refractivity contribution is 1.43. The maximum atomic E-state index is 3.90. The Hall–Kier alpha value is -0.990. The van der Waals surface area contributed by atoms with Gasteiger partial charge in [-0.1, -0.05) is 0 Å². The van der Waals surface area contributed by atoms with Crippen molar-refractivity contribution in [1.82, 2.24) is 0 Å². The largest absolute Gasteiger partial charge is 0.277 e. The molecule has 0 heterocycles. The summed E-state index contributed by atoms with van der Waals surface area (Å²) in [5, 5.41) is 0. The molecule has 0 aromatic rings. The molecule has 9 heavy (non-hydrogen) atoms. The number of rotatable bonds is 1. The van der Waals surface area contributed by atoms with Crippen LogP contribution in [0.15, 0.2) is 15.0 Å². The van der Waals surface area contributed by atoms with E-state index in [2.05, 4.69) is 15.0 Å². The van der Waals surface area contributed by atoms with Gasteiger partial charge < -0.3 is 0 Å². The first-order valence-corrected chi connectivity index (χ1v) is 2.75. The number of hydrogen-bond donors (Lipinski definition) is 0. The summed E-state index contributed by atoms with van der Waals surface area (Å²) >= 11 is 0. The Morgan fingerprint density at radius 2 is 2.11 bits per heavy atom. The second kappa shape index (κ2) is 5.15. The van der Waals surface area contributed by atoms with Crippen molar-refractivity contribution in [3.63, 3.8) is 0 Å². The van der Waals surface area contributed by atoms with Gasteiger partial charge in [-0.3, -0.25) is 4.99 Å². The lowest BCUT2D eigenvalue weighted by Crippen LogP contribution is -1.84. The van der Waals surface area contributed by atoms with Crippen LogP contribution in [0.4, 0.5) is 0 Å². The van der Waals surface area contributed by atoms with Crippen LogP contribution in [0.2, 0.25) is 0 Å². The zero-order chi connectivity index (χ0) is 7.11. The SMILES string of the molecule is C\C=N/C(C)=N\C=N/C. The minimum atomic E-state index is 0.725. The lowest BCUT2D eigenvalue weighted by Gasteiger charge is -1.82. The number of hydrogen-bond acceptors (Lipinski definition) is 1. The molecule has 0 aliphatic heterocycles. The second-order valence-corrected chi connectivity index (χ2v) is 1.44. The van der Waals surface area contributed by atoms with E-state index in [0.717, 1.165) is 5.84 Å². The van der Waals surface area contributed by atoms with Crippen molar-refractivity contribution < 1.29 is 0 Å². The molecule has 0 aromatic carbocycles. The van der Waals surface area contributed by atoms with Gasteiger partial charge in [-0.05, 0) is 13.8 Å². The van der Waals surface area contributed by atoms with Gasteiger partial charge in [-0.2, -0.15) is 0 Å². The Morgan fingerprint density at radius 1 is 1.44 bits per heavy atom. The summed E-state index contributed by atoms with van der Waals surface area (Å²) in [6.45, 7) is 3.67. The Kier molecular flexibility index (Phi) is 4.59. The molecule has 0 atom stereocenters. The zero-order valence-corrected chi connectivity index (χ0v) is 6.00. The van der Waals surface area contributed by atoms with Crippen molar-refractivity contribution in [2.24, 2.45) is 15.0 Å².